The van der Waals surface area contributed by atoms with Gasteiger partial charge in [-0.05, 0) is 30.5 Å². The molecule has 28 heavy (non-hydrogen) atoms. The summed E-state index contributed by atoms with van der Waals surface area (Å²) in [5.74, 6) is -0.979. The van der Waals surface area contributed by atoms with Crippen molar-refractivity contribution in [1.29, 1.82) is 0 Å². The van der Waals surface area contributed by atoms with E-state index in [1.165, 1.54) is 89.9 Å². The van der Waals surface area contributed by atoms with Crippen molar-refractivity contribution in [2.24, 2.45) is 0 Å². The Morgan fingerprint density at radius 1 is 0.857 bits per heavy atom. The van der Waals surface area contributed by atoms with Crippen LogP contribution in [-0.4, -0.2) is 11.1 Å². The largest absolute Gasteiger partial charge is 0.478 e. The molecule has 0 atom stereocenters. The fourth-order valence-corrected chi connectivity index (χ4v) is 3.68. The van der Waals surface area contributed by atoms with Crippen LogP contribution in [0.25, 0.3) is 6.08 Å². The van der Waals surface area contributed by atoms with Crippen molar-refractivity contribution < 1.29 is 9.90 Å². The Balaban J connectivity index is 1.95. The summed E-state index contributed by atoms with van der Waals surface area (Å²) in [7, 11) is 0. The van der Waals surface area contributed by atoms with Crippen molar-refractivity contribution in [3.63, 3.8) is 0 Å². The van der Waals surface area contributed by atoms with Crippen LogP contribution in [0.4, 0.5) is 0 Å². The van der Waals surface area contributed by atoms with Gasteiger partial charge in [-0.15, -0.1) is 0 Å². The number of rotatable bonds is 17. The van der Waals surface area contributed by atoms with Gasteiger partial charge in [-0.1, -0.05) is 120 Å². The lowest BCUT2D eigenvalue weighted by molar-refractivity contribution is 0.0697. The Hall–Kier alpha value is -1.28. The standard InChI is InChI=1S/C25H39ClO2/c1-2-3-4-5-6-7-8-9-10-11-12-13-14-15-16-17-18-22-19-20-24(26)23(21-22)25(27)28/h17-21H,2-16H2,1H3,(H,27,28)/b18-17+. The average molecular weight is 407 g/mol. The molecule has 0 bridgehead atoms. The highest BCUT2D eigenvalue weighted by Gasteiger charge is 2.07. The second-order valence-corrected chi connectivity index (χ2v) is 8.24. The maximum atomic E-state index is 11.1. The van der Waals surface area contributed by atoms with E-state index in [2.05, 4.69) is 13.0 Å². The van der Waals surface area contributed by atoms with E-state index in [4.69, 9.17) is 16.7 Å². The zero-order valence-electron chi connectivity index (χ0n) is 17.7. The highest BCUT2D eigenvalue weighted by Crippen LogP contribution is 2.19. The summed E-state index contributed by atoms with van der Waals surface area (Å²) in [5.41, 5.74) is 1.06. The molecule has 0 heterocycles. The third kappa shape index (κ3) is 12.2. The second kappa shape index (κ2) is 16.7. The molecule has 1 rings (SSSR count). The highest BCUT2D eigenvalue weighted by atomic mass is 35.5. The Morgan fingerprint density at radius 3 is 1.86 bits per heavy atom. The first-order valence-electron chi connectivity index (χ1n) is 11.3. The van der Waals surface area contributed by atoms with Crippen LogP contribution in [-0.2, 0) is 0 Å². The maximum Gasteiger partial charge on any atom is 0.337 e. The van der Waals surface area contributed by atoms with Crippen LogP contribution in [0, 0.1) is 0 Å². The molecule has 1 aromatic carbocycles. The summed E-state index contributed by atoms with van der Waals surface area (Å²) in [6.45, 7) is 2.27. The molecule has 2 nitrogen and oxygen atoms in total. The zero-order chi connectivity index (χ0) is 20.5. The van der Waals surface area contributed by atoms with Crippen LogP contribution < -0.4 is 0 Å². The van der Waals surface area contributed by atoms with Crippen LogP contribution in [0.3, 0.4) is 0 Å². The van der Waals surface area contributed by atoms with E-state index >= 15 is 0 Å². The van der Waals surface area contributed by atoms with Crippen LogP contribution in [0.5, 0.6) is 0 Å². The van der Waals surface area contributed by atoms with Gasteiger partial charge >= 0.3 is 5.97 Å². The normalized spacial score (nSPS) is 11.4. The minimum absolute atomic E-state index is 0.167. The molecule has 0 aliphatic heterocycles. The number of carbonyl (C=O) groups is 1. The summed E-state index contributed by atoms with van der Waals surface area (Å²) >= 11 is 5.89. The number of carboxylic acid groups (broad SMARTS) is 1. The number of benzene rings is 1. The molecular formula is C25H39ClO2. The smallest absolute Gasteiger partial charge is 0.337 e. The van der Waals surface area contributed by atoms with Gasteiger partial charge in [-0.2, -0.15) is 0 Å². The number of aromatic carboxylic acids is 1. The Bertz CT molecular complexity index is 566. The predicted octanol–water partition coefficient (Wildman–Crippen LogP) is 8.92. The first kappa shape index (κ1) is 24.8. The number of unbranched alkanes of at least 4 members (excludes halogenated alkanes) is 14. The van der Waals surface area contributed by atoms with Gasteiger partial charge in [-0.25, -0.2) is 4.79 Å². The summed E-state index contributed by atoms with van der Waals surface area (Å²) in [4.78, 5) is 11.1. The van der Waals surface area contributed by atoms with Crippen LogP contribution >= 0.6 is 11.6 Å². The fraction of sp³-hybridized carbons (Fsp3) is 0.640. The summed E-state index contributed by atoms with van der Waals surface area (Å²) in [5, 5.41) is 9.38. The van der Waals surface area contributed by atoms with Gasteiger partial charge in [0.05, 0.1) is 10.6 Å². The summed E-state index contributed by atoms with van der Waals surface area (Å²) < 4.78 is 0. The summed E-state index contributed by atoms with van der Waals surface area (Å²) in [6, 6.07) is 5.14. The van der Waals surface area contributed by atoms with E-state index in [0.29, 0.717) is 0 Å². The van der Waals surface area contributed by atoms with E-state index in [9.17, 15) is 4.79 Å². The van der Waals surface area contributed by atoms with Crippen molar-refractivity contribution in [2.45, 2.75) is 103 Å². The molecule has 1 aromatic rings. The Morgan fingerprint density at radius 2 is 1.36 bits per heavy atom. The lowest BCUT2D eigenvalue weighted by Gasteiger charge is -2.03. The molecule has 0 fully saturated rings. The molecule has 0 radical (unpaired) electrons. The molecule has 0 aliphatic rings. The second-order valence-electron chi connectivity index (χ2n) is 7.83. The quantitative estimate of drug-likeness (QED) is 0.262. The minimum atomic E-state index is -0.979. The van der Waals surface area contributed by atoms with Gasteiger partial charge in [0.15, 0.2) is 0 Å². The number of carboxylic acids is 1. The van der Waals surface area contributed by atoms with Crippen molar-refractivity contribution in [2.75, 3.05) is 0 Å². The minimum Gasteiger partial charge on any atom is -0.478 e. The van der Waals surface area contributed by atoms with Gasteiger partial charge in [0.1, 0.15) is 0 Å². The molecule has 0 saturated heterocycles. The molecule has 0 spiro atoms. The molecule has 0 aromatic heterocycles. The van der Waals surface area contributed by atoms with E-state index in [1.807, 2.05) is 12.1 Å². The Kier molecular flexibility index (Phi) is 14.7. The first-order valence-corrected chi connectivity index (χ1v) is 11.7. The molecule has 0 amide bonds. The van der Waals surface area contributed by atoms with E-state index in [1.54, 1.807) is 12.1 Å². The van der Waals surface area contributed by atoms with E-state index < -0.39 is 5.97 Å². The van der Waals surface area contributed by atoms with Crippen LogP contribution in [0.15, 0.2) is 24.3 Å². The average Bonchev–Trinajstić information content (AvgIpc) is 2.68. The van der Waals surface area contributed by atoms with Crippen molar-refractivity contribution in [3.8, 4) is 0 Å². The molecule has 158 valence electrons. The van der Waals surface area contributed by atoms with Crippen molar-refractivity contribution in [1.82, 2.24) is 0 Å². The van der Waals surface area contributed by atoms with Crippen LogP contribution in [0.1, 0.15) is 119 Å². The lowest BCUT2D eigenvalue weighted by Crippen LogP contribution is -1.97. The van der Waals surface area contributed by atoms with Gasteiger partial charge in [0.25, 0.3) is 0 Å². The van der Waals surface area contributed by atoms with Gasteiger partial charge in [0, 0.05) is 0 Å². The molecule has 0 unspecified atom stereocenters. The summed E-state index contributed by atoms with van der Waals surface area (Å²) in [6.07, 6.45) is 24.4. The monoisotopic (exact) mass is 406 g/mol. The Labute approximate surface area is 177 Å². The SMILES string of the molecule is CCCCCCCCCCCCCCCC/C=C/c1ccc(Cl)c(C(=O)O)c1. The highest BCUT2D eigenvalue weighted by molar-refractivity contribution is 6.33. The topological polar surface area (TPSA) is 37.3 Å². The van der Waals surface area contributed by atoms with E-state index in [0.717, 1.165) is 12.0 Å². The van der Waals surface area contributed by atoms with Gasteiger partial charge in [-0.3, -0.25) is 0 Å². The van der Waals surface area contributed by atoms with E-state index in [-0.39, 0.29) is 10.6 Å². The molecule has 3 heteroatoms. The lowest BCUT2D eigenvalue weighted by atomic mass is 10.0. The molecule has 0 saturated carbocycles. The van der Waals surface area contributed by atoms with Crippen LogP contribution in [0.2, 0.25) is 5.02 Å². The zero-order valence-corrected chi connectivity index (χ0v) is 18.5. The third-order valence-electron chi connectivity index (χ3n) is 5.26. The number of hydrogen-bond donors (Lipinski definition) is 1. The molecular weight excluding hydrogens is 368 g/mol. The van der Waals surface area contributed by atoms with Crippen molar-refractivity contribution in [3.05, 3.63) is 40.4 Å². The number of hydrogen-bond acceptors (Lipinski definition) is 1. The molecule has 1 N–H and O–H groups in total. The third-order valence-corrected chi connectivity index (χ3v) is 5.59. The van der Waals surface area contributed by atoms with Gasteiger partial charge < -0.3 is 5.11 Å². The number of halogens is 1. The van der Waals surface area contributed by atoms with Gasteiger partial charge in [0.2, 0.25) is 0 Å². The van der Waals surface area contributed by atoms with Crippen molar-refractivity contribution >= 4 is 23.6 Å². The fourth-order valence-electron chi connectivity index (χ4n) is 3.49. The predicted molar refractivity (Wildman–Crippen MR) is 122 cm³/mol. The first-order chi connectivity index (χ1) is 13.6. The molecule has 0 aliphatic carbocycles. The number of allylic oxidation sites excluding steroid dienone is 1. The maximum absolute atomic E-state index is 11.1.